The Hall–Kier alpha value is -2.45. The van der Waals surface area contributed by atoms with Crippen molar-refractivity contribution in [2.24, 2.45) is 0 Å². The first kappa shape index (κ1) is 21.3. The lowest BCUT2D eigenvalue weighted by molar-refractivity contribution is -0.132. The Morgan fingerprint density at radius 3 is 2.38 bits per heavy atom. The van der Waals surface area contributed by atoms with E-state index in [4.69, 9.17) is 0 Å². The van der Waals surface area contributed by atoms with Crippen molar-refractivity contribution in [1.82, 2.24) is 14.9 Å². The maximum Gasteiger partial charge on any atom is 0.240 e. The van der Waals surface area contributed by atoms with Gasteiger partial charge in [-0.2, -0.15) is 0 Å². The molecule has 29 heavy (non-hydrogen) atoms. The number of amides is 2. The van der Waals surface area contributed by atoms with Crippen molar-refractivity contribution >= 4 is 32.6 Å². The normalized spacial score (nSPS) is 14.7. The number of benzene rings is 2. The lowest BCUT2D eigenvalue weighted by Gasteiger charge is -2.26. The first-order valence-electron chi connectivity index (χ1n) is 9.99. The molecule has 0 aliphatic carbocycles. The quantitative estimate of drug-likeness (QED) is 0.687. The first-order valence-corrected chi connectivity index (χ1v) is 11.5. The number of fused-ring (bicyclic) bond motifs is 1. The Kier molecular flexibility index (Phi) is 7.22. The summed E-state index contributed by atoms with van der Waals surface area (Å²) in [4.78, 5) is 26.0. The zero-order valence-corrected chi connectivity index (χ0v) is 17.2. The number of hydrogen-bond acceptors (Lipinski definition) is 4. The lowest BCUT2D eigenvalue weighted by atomic mass is 10.1. The van der Waals surface area contributed by atoms with Gasteiger partial charge in [-0.05, 0) is 42.2 Å². The number of carbonyl (C=O) groups excluding carboxylic acids is 2. The number of sulfonamides is 1. The molecule has 2 aromatic rings. The van der Waals surface area contributed by atoms with E-state index in [-0.39, 0.29) is 42.6 Å². The predicted octanol–water partition coefficient (Wildman–Crippen LogP) is 2.03. The third kappa shape index (κ3) is 6.01. The largest absolute Gasteiger partial charge is 0.356 e. The molecule has 2 aromatic carbocycles. The summed E-state index contributed by atoms with van der Waals surface area (Å²) in [5, 5.41) is 4.48. The number of nitrogens with zero attached hydrogens (tertiary/aromatic N) is 1. The Bertz CT molecular complexity index is 969. The summed E-state index contributed by atoms with van der Waals surface area (Å²) in [5.41, 5.74) is 0. The van der Waals surface area contributed by atoms with Gasteiger partial charge in [0.05, 0.1) is 4.90 Å². The summed E-state index contributed by atoms with van der Waals surface area (Å²) in [6.07, 6.45) is 3.53. The van der Waals surface area contributed by atoms with E-state index < -0.39 is 10.0 Å². The van der Waals surface area contributed by atoms with Crippen molar-refractivity contribution in [1.29, 1.82) is 0 Å². The van der Waals surface area contributed by atoms with Crippen molar-refractivity contribution in [3.05, 3.63) is 42.5 Å². The molecular weight excluding hydrogens is 390 g/mol. The number of rotatable bonds is 8. The number of piperidine rings is 1. The van der Waals surface area contributed by atoms with Crippen molar-refractivity contribution in [2.45, 2.75) is 37.0 Å². The van der Waals surface area contributed by atoms with E-state index in [0.29, 0.717) is 0 Å². The van der Waals surface area contributed by atoms with E-state index in [1.54, 1.807) is 18.2 Å². The van der Waals surface area contributed by atoms with E-state index in [1.165, 1.54) is 0 Å². The summed E-state index contributed by atoms with van der Waals surface area (Å²) in [7, 11) is -3.69. The SMILES string of the molecule is O=C(CCNS(=O)(=O)c1ccc2ccccc2c1)NCCC(=O)N1CCCCC1. The van der Waals surface area contributed by atoms with Crippen LogP contribution in [0.4, 0.5) is 0 Å². The van der Waals surface area contributed by atoms with Crippen LogP contribution in [0.3, 0.4) is 0 Å². The van der Waals surface area contributed by atoms with Crippen molar-refractivity contribution in [3.63, 3.8) is 0 Å². The number of carbonyl (C=O) groups is 2. The molecule has 2 N–H and O–H groups in total. The smallest absolute Gasteiger partial charge is 0.240 e. The van der Waals surface area contributed by atoms with Gasteiger partial charge in [0.15, 0.2) is 0 Å². The van der Waals surface area contributed by atoms with E-state index in [1.807, 2.05) is 29.2 Å². The van der Waals surface area contributed by atoms with E-state index in [9.17, 15) is 18.0 Å². The number of hydrogen-bond donors (Lipinski definition) is 2. The van der Waals surface area contributed by atoms with Crippen molar-refractivity contribution in [3.8, 4) is 0 Å². The third-order valence-electron chi connectivity index (χ3n) is 5.05. The first-order chi connectivity index (χ1) is 14.0. The fourth-order valence-corrected chi connectivity index (χ4v) is 4.48. The van der Waals surface area contributed by atoms with Crippen LogP contribution in [0.1, 0.15) is 32.1 Å². The van der Waals surface area contributed by atoms with Gasteiger partial charge in [0.1, 0.15) is 0 Å². The van der Waals surface area contributed by atoms with Crippen molar-refractivity contribution in [2.75, 3.05) is 26.2 Å². The molecule has 1 aliphatic rings. The van der Waals surface area contributed by atoms with Gasteiger partial charge in [-0.3, -0.25) is 9.59 Å². The molecule has 8 heteroatoms. The van der Waals surface area contributed by atoms with Crippen LogP contribution in [0.25, 0.3) is 10.8 Å². The molecule has 1 aliphatic heterocycles. The zero-order chi connectivity index (χ0) is 20.7. The van der Waals surface area contributed by atoms with Crippen LogP contribution >= 0.6 is 0 Å². The summed E-state index contributed by atoms with van der Waals surface area (Å²) in [5.74, 6) is -0.223. The standard InChI is InChI=1S/C21H27N3O4S/c25-20(22-12-11-21(26)24-14-4-1-5-15-24)10-13-23-29(27,28)19-9-8-17-6-2-3-7-18(17)16-19/h2-3,6-9,16,23H,1,4-5,10-15H2,(H,22,25). The highest BCUT2D eigenvalue weighted by Crippen LogP contribution is 2.18. The molecule has 156 valence electrons. The van der Waals surface area contributed by atoms with E-state index >= 15 is 0 Å². The highest BCUT2D eigenvalue weighted by molar-refractivity contribution is 7.89. The molecule has 0 bridgehead atoms. The molecule has 0 saturated carbocycles. The minimum atomic E-state index is -3.69. The molecule has 0 radical (unpaired) electrons. The molecule has 0 spiro atoms. The highest BCUT2D eigenvalue weighted by atomic mass is 32.2. The summed E-state index contributed by atoms with van der Waals surface area (Å²) < 4.78 is 27.3. The molecule has 7 nitrogen and oxygen atoms in total. The molecular formula is C21H27N3O4S. The molecule has 0 unspecified atom stereocenters. The average molecular weight is 418 g/mol. The fraction of sp³-hybridized carbons (Fsp3) is 0.429. The maximum atomic E-state index is 12.4. The molecule has 3 rings (SSSR count). The second kappa shape index (κ2) is 9.84. The monoisotopic (exact) mass is 417 g/mol. The Morgan fingerprint density at radius 1 is 0.897 bits per heavy atom. The maximum absolute atomic E-state index is 12.4. The molecule has 0 atom stereocenters. The molecule has 0 aromatic heterocycles. The van der Waals surface area contributed by atoms with Gasteiger partial charge in [0, 0.05) is 39.0 Å². The van der Waals surface area contributed by atoms with Crippen molar-refractivity contribution < 1.29 is 18.0 Å². The average Bonchev–Trinajstić information content (AvgIpc) is 2.73. The lowest BCUT2D eigenvalue weighted by Crippen LogP contribution is -2.38. The number of nitrogens with one attached hydrogen (secondary N) is 2. The van der Waals surface area contributed by atoms with Crippen LogP contribution in [0.2, 0.25) is 0 Å². The highest BCUT2D eigenvalue weighted by Gasteiger charge is 2.17. The van der Waals surface area contributed by atoms with Crippen LogP contribution in [0.5, 0.6) is 0 Å². The second-order valence-corrected chi connectivity index (χ2v) is 8.97. The van der Waals surface area contributed by atoms with Gasteiger partial charge in [0.2, 0.25) is 21.8 Å². The van der Waals surface area contributed by atoms with Crippen LogP contribution in [0, 0.1) is 0 Å². The van der Waals surface area contributed by atoms with Crippen LogP contribution in [-0.4, -0.2) is 51.3 Å². The van der Waals surface area contributed by atoms with E-state index in [2.05, 4.69) is 10.0 Å². The van der Waals surface area contributed by atoms with Gasteiger partial charge in [-0.25, -0.2) is 13.1 Å². The van der Waals surface area contributed by atoms with E-state index in [0.717, 1.165) is 43.1 Å². The van der Waals surface area contributed by atoms with Gasteiger partial charge in [-0.15, -0.1) is 0 Å². The number of likely N-dealkylation sites (tertiary alicyclic amines) is 1. The van der Waals surface area contributed by atoms with Crippen LogP contribution in [-0.2, 0) is 19.6 Å². The minimum Gasteiger partial charge on any atom is -0.356 e. The molecule has 1 saturated heterocycles. The van der Waals surface area contributed by atoms with Gasteiger partial charge in [0.25, 0.3) is 0 Å². The van der Waals surface area contributed by atoms with Gasteiger partial charge >= 0.3 is 0 Å². The second-order valence-electron chi connectivity index (χ2n) is 7.20. The zero-order valence-electron chi connectivity index (χ0n) is 16.4. The van der Waals surface area contributed by atoms with Crippen LogP contribution < -0.4 is 10.0 Å². The Morgan fingerprint density at radius 2 is 1.62 bits per heavy atom. The van der Waals surface area contributed by atoms with Gasteiger partial charge < -0.3 is 10.2 Å². The summed E-state index contributed by atoms with van der Waals surface area (Å²) >= 11 is 0. The molecule has 1 fully saturated rings. The summed E-state index contributed by atoms with van der Waals surface area (Å²) in [6, 6.07) is 12.4. The third-order valence-corrected chi connectivity index (χ3v) is 6.50. The Labute approximate surface area is 171 Å². The molecule has 1 heterocycles. The summed E-state index contributed by atoms with van der Waals surface area (Å²) in [6.45, 7) is 1.86. The minimum absolute atomic E-state index is 0.00106. The topological polar surface area (TPSA) is 95.6 Å². The van der Waals surface area contributed by atoms with Crippen LogP contribution in [0.15, 0.2) is 47.4 Å². The van der Waals surface area contributed by atoms with Gasteiger partial charge in [-0.1, -0.05) is 30.3 Å². The fourth-order valence-electron chi connectivity index (χ4n) is 3.42. The molecule has 2 amide bonds. The Balaban J connectivity index is 1.41. The predicted molar refractivity (Wildman–Crippen MR) is 112 cm³/mol.